The van der Waals surface area contributed by atoms with Gasteiger partial charge in [-0.25, -0.2) is 32.8 Å². The molecule has 1 aliphatic rings. The summed E-state index contributed by atoms with van der Waals surface area (Å²) in [6.07, 6.45) is 1.92. The van der Waals surface area contributed by atoms with Gasteiger partial charge in [-0.1, -0.05) is 5.16 Å². The number of thiazole rings is 1. The van der Waals surface area contributed by atoms with Crippen molar-refractivity contribution in [3.8, 4) is 17.0 Å². The molecule has 1 aromatic carbocycles. The number of benzene rings is 1. The molecule has 0 aliphatic carbocycles. The van der Waals surface area contributed by atoms with Crippen LogP contribution >= 0.6 is 24.2 Å². The molecule has 0 spiro atoms. The van der Waals surface area contributed by atoms with Crippen LogP contribution in [-0.2, 0) is 51.3 Å². The molecule has 3 N–H and O–H groups in total. The smallest absolute Gasteiger partial charge is 0.413 e. The third-order valence-electron chi connectivity index (χ3n) is 8.35. The van der Waals surface area contributed by atoms with Gasteiger partial charge in [0.25, 0.3) is 17.9 Å². The SMILES string of the molecule is C[n+]1cn(CCCNC(=O)OC(C)(C)C)cc1-c1ccc(OC[C@H](O/N=C(\C(=O)N[C@@H]2C(=O)N(OS)C2(C)C)c2csc(NC(=O)OC(C)(C)C)n2)C(=O)OC(C)(C)C)cc1. The van der Waals surface area contributed by atoms with Gasteiger partial charge in [0, 0.05) is 36.8 Å². The summed E-state index contributed by atoms with van der Waals surface area (Å²) in [6.45, 7) is 19.6. The lowest BCUT2D eigenvalue weighted by Crippen LogP contribution is -2.76. The molecule has 0 saturated carbocycles. The van der Waals surface area contributed by atoms with E-state index in [1.165, 1.54) is 5.38 Å². The first-order chi connectivity index (χ1) is 28.3. The number of aryl methyl sites for hydroxylation is 2. The van der Waals surface area contributed by atoms with Crippen molar-refractivity contribution >= 4 is 65.1 Å². The summed E-state index contributed by atoms with van der Waals surface area (Å²) in [4.78, 5) is 74.5. The lowest BCUT2D eigenvalue weighted by molar-refractivity contribution is -0.660. The van der Waals surface area contributed by atoms with E-state index in [9.17, 15) is 24.0 Å². The van der Waals surface area contributed by atoms with Crippen molar-refractivity contribution in [3.63, 3.8) is 0 Å². The number of aromatic nitrogens is 3. The second kappa shape index (κ2) is 19.5. The number of rotatable bonds is 16. The highest BCUT2D eigenvalue weighted by Gasteiger charge is 2.56. The molecule has 0 radical (unpaired) electrons. The maximum atomic E-state index is 13.8. The summed E-state index contributed by atoms with van der Waals surface area (Å²) in [6, 6.07) is 6.14. The normalized spacial score (nSPS) is 15.9. The lowest BCUT2D eigenvalue weighted by Gasteiger charge is -2.50. The number of esters is 1. The topological polar surface area (TPSA) is 214 Å². The number of oxime groups is 1. The Labute approximate surface area is 365 Å². The number of hydrogen-bond acceptors (Lipinski definition) is 15. The van der Waals surface area contributed by atoms with Gasteiger partial charge in [-0.3, -0.25) is 14.9 Å². The van der Waals surface area contributed by atoms with Gasteiger partial charge in [-0.05, 0) is 100 Å². The standard InChI is InChI=1S/C40H56N8O11S2/c1-37(2,3)55-33(51)28(21-54-25-16-14-24(15-17-25)27-20-47(23-46(27)12)19-13-18-41-35(52)56-38(4,5)6)58-45-29(31(49)43-30-32(50)48(59-60)40(30,10)11)26-22-61-34(42-26)44-36(53)57-39(7,8)9/h14-17,20,22-23,28,30H,13,18-19,21H2,1-12H3,(H3-,41,42,43,44,49,52,53,60)/p+1/b45-29-/t28-,30+/m0/s1. The number of imidazole rings is 1. The molecule has 4 amide bonds. The van der Waals surface area contributed by atoms with Crippen molar-refractivity contribution in [1.82, 2.24) is 25.2 Å². The summed E-state index contributed by atoms with van der Waals surface area (Å²) in [5.74, 6) is -1.87. The van der Waals surface area contributed by atoms with Gasteiger partial charge in [0.05, 0.1) is 19.1 Å². The average molecular weight is 890 g/mol. The van der Waals surface area contributed by atoms with Crippen LogP contribution in [0.5, 0.6) is 5.75 Å². The number of nitrogens with zero attached hydrogens (tertiary/aromatic N) is 5. The van der Waals surface area contributed by atoms with Crippen molar-refractivity contribution in [1.29, 1.82) is 0 Å². The van der Waals surface area contributed by atoms with Crippen LogP contribution in [0.1, 0.15) is 88.3 Å². The first-order valence-corrected chi connectivity index (χ1v) is 20.7. The van der Waals surface area contributed by atoms with Crippen LogP contribution in [0.25, 0.3) is 11.3 Å². The van der Waals surface area contributed by atoms with Crippen LogP contribution in [-0.4, -0.2) is 97.9 Å². The molecule has 1 saturated heterocycles. The van der Waals surface area contributed by atoms with Crippen LogP contribution in [0.2, 0.25) is 0 Å². The third-order valence-corrected chi connectivity index (χ3v) is 9.27. The summed E-state index contributed by atoms with van der Waals surface area (Å²) in [7, 11) is 1.92. The Kier molecular flexibility index (Phi) is 15.5. The molecule has 2 aromatic heterocycles. The van der Waals surface area contributed by atoms with E-state index in [1.54, 1.807) is 67.5 Å². The number of β-lactam (4-membered cyclic amide) rings is 1. The molecule has 19 nitrogen and oxygen atoms in total. The molecule has 2 atom stereocenters. The molecule has 3 heterocycles. The highest BCUT2D eigenvalue weighted by atomic mass is 32.1. The van der Waals surface area contributed by atoms with E-state index in [2.05, 4.69) is 39.0 Å². The van der Waals surface area contributed by atoms with Crippen molar-refractivity contribution in [2.45, 2.75) is 124 Å². The number of anilines is 1. The van der Waals surface area contributed by atoms with Crippen molar-refractivity contribution in [3.05, 3.63) is 47.9 Å². The monoisotopic (exact) mass is 889 g/mol. The zero-order valence-electron chi connectivity index (χ0n) is 36.6. The zero-order chi connectivity index (χ0) is 45.5. The molecule has 3 aromatic rings. The number of nitrogens with one attached hydrogen (secondary N) is 3. The van der Waals surface area contributed by atoms with Crippen LogP contribution < -0.4 is 25.3 Å². The summed E-state index contributed by atoms with van der Waals surface area (Å²) in [5.41, 5.74) is -1.90. The number of alkyl carbamates (subject to hydrolysis) is 1. The van der Waals surface area contributed by atoms with Gasteiger partial charge in [0.15, 0.2) is 16.5 Å². The highest BCUT2D eigenvalue weighted by molar-refractivity contribution is 7.75. The van der Waals surface area contributed by atoms with Crippen LogP contribution in [0, 0.1) is 0 Å². The Balaban J connectivity index is 1.51. The van der Waals surface area contributed by atoms with Gasteiger partial charge in [-0.15, -0.1) is 11.3 Å². The van der Waals surface area contributed by atoms with Gasteiger partial charge in [0.1, 0.15) is 47.1 Å². The number of hydrogen-bond donors (Lipinski definition) is 4. The number of amides is 4. The predicted octanol–water partition coefficient (Wildman–Crippen LogP) is 5.09. The second-order valence-corrected chi connectivity index (χ2v) is 18.6. The van der Waals surface area contributed by atoms with E-state index >= 15 is 0 Å². The van der Waals surface area contributed by atoms with Crippen molar-refractivity contribution in [2.24, 2.45) is 12.2 Å². The van der Waals surface area contributed by atoms with E-state index in [4.69, 9.17) is 28.1 Å². The first-order valence-electron chi connectivity index (χ1n) is 19.4. The Morgan fingerprint density at radius 1 is 0.967 bits per heavy atom. The molecule has 1 fully saturated rings. The molecule has 61 heavy (non-hydrogen) atoms. The van der Waals surface area contributed by atoms with Crippen LogP contribution in [0.4, 0.5) is 14.7 Å². The number of thiol groups is 1. The van der Waals surface area contributed by atoms with Crippen molar-refractivity contribution in [2.75, 3.05) is 18.5 Å². The third kappa shape index (κ3) is 14.1. The minimum absolute atomic E-state index is 0.0423. The fraction of sp³-hybridized carbons (Fsp3) is 0.550. The molecule has 0 unspecified atom stereocenters. The number of ether oxygens (including phenoxy) is 4. The van der Waals surface area contributed by atoms with Gasteiger partial charge in [-0.2, -0.15) is 5.06 Å². The van der Waals surface area contributed by atoms with Gasteiger partial charge < -0.3 is 34.4 Å². The number of hydroxylamine groups is 2. The molecular weight excluding hydrogens is 833 g/mol. The Bertz CT molecular complexity index is 2080. The quantitative estimate of drug-likeness (QED) is 0.0171. The Hall–Kier alpha value is -5.41. The van der Waals surface area contributed by atoms with E-state index in [1.807, 2.05) is 61.6 Å². The maximum Gasteiger partial charge on any atom is 0.413 e. The summed E-state index contributed by atoms with van der Waals surface area (Å²) < 4.78 is 31.0. The highest BCUT2D eigenvalue weighted by Crippen LogP contribution is 2.33. The fourth-order valence-corrected chi connectivity index (χ4v) is 6.60. The van der Waals surface area contributed by atoms with Crippen LogP contribution in [0.3, 0.4) is 0 Å². The zero-order valence-corrected chi connectivity index (χ0v) is 38.3. The lowest BCUT2D eigenvalue weighted by atomic mass is 9.84. The fourth-order valence-electron chi connectivity index (χ4n) is 5.63. The second-order valence-electron chi connectivity index (χ2n) is 17.6. The summed E-state index contributed by atoms with van der Waals surface area (Å²) in [5, 5.41) is 14.5. The van der Waals surface area contributed by atoms with E-state index in [-0.39, 0.29) is 17.4 Å². The molecular formula is C40H57N8O11S2+. The first kappa shape index (κ1) is 48.3. The summed E-state index contributed by atoms with van der Waals surface area (Å²) >= 11 is 4.71. The molecule has 0 bridgehead atoms. The molecule has 21 heteroatoms. The predicted molar refractivity (Wildman–Crippen MR) is 228 cm³/mol. The number of carbonyl (C=O) groups is 5. The average Bonchev–Trinajstić information content (AvgIpc) is 3.74. The van der Waals surface area contributed by atoms with Crippen LogP contribution in [0.15, 0.2) is 47.3 Å². The minimum Gasteiger partial charge on any atom is -0.489 e. The van der Waals surface area contributed by atoms with Crippen molar-refractivity contribution < 1.29 is 56.6 Å². The van der Waals surface area contributed by atoms with Gasteiger partial charge >= 0.3 is 18.2 Å². The number of carbonyl (C=O) groups excluding carboxylic acids is 5. The molecule has 334 valence electrons. The molecule has 1 aliphatic heterocycles. The largest absolute Gasteiger partial charge is 0.489 e. The Morgan fingerprint density at radius 2 is 1.59 bits per heavy atom. The van der Waals surface area contributed by atoms with E-state index in [0.717, 1.165) is 27.7 Å². The Morgan fingerprint density at radius 3 is 2.18 bits per heavy atom. The van der Waals surface area contributed by atoms with Gasteiger partial charge in [0.2, 0.25) is 6.33 Å². The van der Waals surface area contributed by atoms with E-state index < -0.39 is 70.2 Å². The maximum absolute atomic E-state index is 13.8. The minimum atomic E-state index is -1.48. The molecule has 4 rings (SSSR count). The van der Waals surface area contributed by atoms with E-state index in [0.29, 0.717) is 25.3 Å².